The second kappa shape index (κ2) is 10.3. The number of amides is 1. The van der Waals surface area contributed by atoms with E-state index < -0.39 is 10.0 Å². The zero-order valence-electron chi connectivity index (χ0n) is 19.2. The first-order valence-corrected chi connectivity index (χ1v) is 12.5. The lowest BCUT2D eigenvalue weighted by atomic mass is 10.2. The van der Waals surface area contributed by atoms with Crippen LogP contribution in [0.2, 0.25) is 0 Å². The first-order chi connectivity index (χ1) is 16.3. The lowest BCUT2D eigenvalue weighted by Gasteiger charge is -2.28. The van der Waals surface area contributed by atoms with Crippen LogP contribution in [0.5, 0.6) is 11.5 Å². The van der Waals surface area contributed by atoms with Gasteiger partial charge in [0.2, 0.25) is 22.7 Å². The van der Waals surface area contributed by atoms with Gasteiger partial charge in [0.15, 0.2) is 11.5 Å². The summed E-state index contributed by atoms with van der Waals surface area (Å²) in [5.74, 6) is 1.60. The summed E-state index contributed by atoms with van der Waals surface area (Å²) in [6.45, 7) is 4.42. The minimum atomic E-state index is -3.84. The highest BCUT2D eigenvalue weighted by molar-refractivity contribution is 7.89. The number of benzene rings is 2. The average Bonchev–Trinajstić information content (AvgIpc) is 3.50. The molecule has 4 rings (SSSR count). The number of fused-ring (bicyclic) bond motifs is 1. The molecule has 8 nitrogen and oxygen atoms in total. The number of sulfonamides is 1. The van der Waals surface area contributed by atoms with Crippen LogP contribution in [-0.4, -0.2) is 43.4 Å². The van der Waals surface area contributed by atoms with Crippen molar-refractivity contribution in [3.8, 4) is 11.5 Å². The summed E-state index contributed by atoms with van der Waals surface area (Å²) in [5.41, 5.74) is 0.838. The molecule has 0 saturated carbocycles. The van der Waals surface area contributed by atoms with Crippen LogP contribution < -0.4 is 9.47 Å². The first-order valence-electron chi connectivity index (χ1n) is 11.1. The van der Waals surface area contributed by atoms with E-state index in [1.54, 1.807) is 59.7 Å². The Balaban J connectivity index is 1.58. The Kier molecular flexibility index (Phi) is 7.23. The van der Waals surface area contributed by atoms with Crippen LogP contribution >= 0.6 is 0 Å². The molecule has 180 valence electrons. The first kappa shape index (κ1) is 23.8. The second-order valence-electron chi connectivity index (χ2n) is 8.52. The third-order valence-electron chi connectivity index (χ3n) is 5.35. The van der Waals surface area contributed by atoms with E-state index in [1.165, 1.54) is 4.31 Å². The molecule has 9 heteroatoms. The number of carbonyl (C=O) groups is 1. The molecule has 2 heterocycles. The quantitative estimate of drug-likeness (QED) is 0.434. The minimum absolute atomic E-state index is 0.0404. The molecular weight excluding hydrogens is 456 g/mol. The number of nitrogens with zero attached hydrogens (tertiary/aromatic N) is 2. The topological polar surface area (TPSA) is 89.3 Å². The van der Waals surface area contributed by atoms with Gasteiger partial charge in [-0.3, -0.25) is 4.79 Å². The summed E-state index contributed by atoms with van der Waals surface area (Å²) in [5, 5.41) is 0. The van der Waals surface area contributed by atoms with Gasteiger partial charge in [-0.2, -0.15) is 4.31 Å². The number of rotatable bonds is 10. The van der Waals surface area contributed by atoms with Gasteiger partial charge < -0.3 is 18.8 Å². The highest BCUT2D eigenvalue weighted by Crippen LogP contribution is 2.33. The number of ether oxygens (including phenoxy) is 2. The largest absolute Gasteiger partial charge is 0.467 e. The van der Waals surface area contributed by atoms with Crippen molar-refractivity contribution in [1.29, 1.82) is 0 Å². The van der Waals surface area contributed by atoms with Crippen molar-refractivity contribution in [3.05, 3.63) is 78.3 Å². The third-order valence-corrected chi connectivity index (χ3v) is 7.18. The molecule has 1 aromatic heterocycles. The molecule has 2 aromatic carbocycles. The van der Waals surface area contributed by atoms with Crippen molar-refractivity contribution < 1.29 is 27.1 Å². The fourth-order valence-corrected chi connectivity index (χ4v) is 5.30. The Labute approximate surface area is 199 Å². The Morgan fingerprint density at radius 1 is 0.971 bits per heavy atom. The Bertz CT molecular complexity index is 1210. The molecule has 0 radical (unpaired) electrons. The van der Waals surface area contributed by atoms with E-state index in [0.29, 0.717) is 17.3 Å². The van der Waals surface area contributed by atoms with Crippen LogP contribution in [0.3, 0.4) is 0 Å². The second-order valence-corrected chi connectivity index (χ2v) is 10.5. The molecule has 1 aliphatic rings. The molecule has 1 aliphatic heterocycles. The summed E-state index contributed by atoms with van der Waals surface area (Å²) >= 11 is 0. The van der Waals surface area contributed by atoms with E-state index in [0.717, 1.165) is 5.56 Å². The van der Waals surface area contributed by atoms with Crippen LogP contribution in [0.25, 0.3) is 0 Å². The van der Waals surface area contributed by atoms with Gasteiger partial charge in [0, 0.05) is 13.1 Å². The maximum atomic E-state index is 13.5. The van der Waals surface area contributed by atoms with E-state index in [9.17, 15) is 13.2 Å². The van der Waals surface area contributed by atoms with Crippen molar-refractivity contribution in [1.82, 2.24) is 9.21 Å². The molecule has 0 aliphatic carbocycles. The smallest absolute Gasteiger partial charge is 0.243 e. The molecule has 1 amide bonds. The van der Waals surface area contributed by atoms with Gasteiger partial charge in [0.1, 0.15) is 5.76 Å². The van der Waals surface area contributed by atoms with E-state index in [-0.39, 0.29) is 49.7 Å². The van der Waals surface area contributed by atoms with Gasteiger partial charge >= 0.3 is 0 Å². The van der Waals surface area contributed by atoms with Gasteiger partial charge in [0.25, 0.3) is 0 Å². The molecule has 3 aromatic rings. The minimum Gasteiger partial charge on any atom is -0.467 e. The van der Waals surface area contributed by atoms with E-state index >= 15 is 0 Å². The molecule has 0 spiro atoms. The molecule has 34 heavy (non-hydrogen) atoms. The van der Waals surface area contributed by atoms with Crippen molar-refractivity contribution in [2.45, 2.75) is 31.8 Å². The molecule has 0 bridgehead atoms. The Morgan fingerprint density at radius 3 is 2.44 bits per heavy atom. The molecular formula is C25H28N2O6S. The van der Waals surface area contributed by atoms with E-state index in [4.69, 9.17) is 13.9 Å². The summed E-state index contributed by atoms with van der Waals surface area (Å²) in [6.07, 6.45) is 1.55. The van der Waals surface area contributed by atoms with Gasteiger partial charge in [-0.05, 0) is 47.9 Å². The average molecular weight is 485 g/mol. The number of carbonyl (C=O) groups excluding carboxylic acids is 1. The molecule has 0 unspecified atom stereocenters. The number of hydrogen-bond acceptors (Lipinski definition) is 6. The van der Waals surface area contributed by atoms with Crippen LogP contribution in [0.1, 0.15) is 25.2 Å². The molecule has 0 fully saturated rings. The normalized spacial score (nSPS) is 12.9. The van der Waals surface area contributed by atoms with E-state index in [1.807, 2.05) is 26.0 Å². The van der Waals surface area contributed by atoms with E-state index in [2.05, 4.69) is 0 Å². The molecule has 0 atom stereocenters. The van der Waals surface area contributed by atoms with Crippen molar-refractivity contribution in [2.24, 2.45) is 5.92 Å². The number of furan rings is 1. The summed E-state index contributed by atoms with van der Waals surface area (Å²) in [4.78, 5) is 15.3. The SMILES string of the molecule is CC(C)CN(CC(=O)N(Cc1ccc2c(c1)OCO2)Cc1ccco1)S(=O)(=O)c1ccccc1. The Morgan fingerprint density at radius 2 is 1.74 bits per heavy atom. The fourth-order valence-electron chi connectivity index (χ4n) is 3.73. The highest BCUT2D eigenvalue weighted by atomic mass is 32.2. The lowest BCUT2D eigenvalue weighted by molar-refractivity contribution is -0.133. The highest BCUT2D eigenvalue weighted by Gasteiger charge is 2.29. The predicted octanol–water partition coefficient (Wildman–Crippen LogP) is 3.88. The van der Waals surface area contributed by atoms with Gasteiger partial charge in [-0.25, -0.2) is 8.42 Å². The number of hydrogen-bond donors (Lipinski definition) is 0. The van der Waals surface area contributed by atoms with Crippen LogP contribution in [0, 0.1) is 5.92 Å². The predicted molar refractivity (Wildman–Crippen MR) is 126 cm³/mol. The van der Waals surface area contributed by atoms with Crippen molar-refractivity contribution in [3.63, 3.8) is 0 Å². The summed E-state index contributed by atoms with van der Waals surface area (Å²) in [6, 6.07) is 17.2. The molecule has 0 N–H and O–H groups in total. The molecule has 0 saturated heterocycles. The van der Waals surface area contributed by atoms with Crippen molar-refractivity contribution >= 4 is 15.9 Å². The Hall–Kier alpha value is -3.30. The zero-order valence-corrected chi connectivity index (χ0v) is 20.0. The fraction of sp³-hybridized carbons (Fsp3) is 0.320. The lowest BCUT2D eigenvalue weighted by Crippen LogP contribution is -2.43. The maximum absolute atomic E-state index is 13.5. The zero-order chi connectivity index (χ0) is 24.1. The van der Waals surface area contributed by atoms with Crippen LogP contribution in [0.4, 0.5) is 0 Å². The summed E-state index contributed by atoms with van der Waals surface area (Å²) < 4.78 is 44.2. The monoisotopic (exact) mass is 484 g/mol. The van der Waals surface area contributed by atoms with Gasteiger partial charge in [-0.1, -0.05) is 38.1 Å². The van der Waals surface area contributed by atoms with Gasteiger partial charge in [-0.15, -0.1) is 0 Å². The third kappa shape index (κ3) is 5.60. The van der Waals surface area contributed by atoms with Gasteiger partial charge in [0.05, 0.1) is 24.2 Å². The van der Waals surface area contributed by atoms with Crippen LogP contribution in [-0.2, 0) is 27.9 Å². The standard InChI is InChI=1S/C25H28N2O6S/c1-19(2)14-27(34(29,30)22-8-4-3-5-9-22)17-25(28)26(16-21-7-6-12-31-21)15-20-10-11-23-24(13-20)33-18-32-23/h3-13,19H,14-18H2,1-2H3. The summed E-state index contributed by atoms with van der Waals surface area (Å²) in [7, 11) is -3.84. The van der Waals surface area contributed by atoms with Crippen LogP contribution in [0.15, 0.2) is 76.2 Å². The van der Waals surface area contributed by atoms with Crippen molar-refractivity contribution in [2.75, 3.05) is 19.9 Å². The maximum Gasteiger partial charge on any atom is 0.243 e.